The molecule has 0 aliphatic heterocycles. The van der Waals surface area contributed by atoms with Gasteiger partial charge in [-0.15, -0.1) is 0 Å². The van der Waals surface area contributed by atoms with Crippen molar-refractivity contribution < 1.29 is 13.5 Å². The molecule has 0 amide bonds. The fourth-order valence-electron chi connectivity index (χ4n) is 2.12. The molecule has 5 heteroatoms. The molecule has 0 aliphatic carbocycles. The van der Waals surface area contributed by atoms with Gasteiger partial charge in [0.05, 0.1) is 19.4 Å². The summed E-state index contributed by atoms with van der Waals surface area (Å²) in [6, 6.07) is 6.30. The molecule has 2 rings (SSSR count). The Bertz CT molecular complexity index is 554. The maximum Gasteiger partial charge on any atom is 0.165 e. The van der Waals surface area contributed by atoms with Gasteiger partial charge in [0.25, 0.3) is 0 Å². The van der Waals surface area contributed by atoms with E-state index in [-0.39, 0.29) is 11.8 Å². The lowest BCUT2D eigenvalue weighted by molar-refractivity contribution is 0.385. The Labute approximate surface area is 111 Å². The van der Waals surface area contributed by atoms with Crippen LogP contribution in [0.1, 0.15) is 29.9 Å². The molecule has 19 heavy (non-hydrogen) atoms. The van der Waals surface area contributed by atoms with Crippen molar-refractivity contribution >= 4 is 0 Å². The zero-order valence-corrected chi connectivity index (χ0v) is 10.9. The number of nitrogens with one attached hydrogen (secondary N) is 1. The summed E-state index contributed by atoms with van der Waals surface area (Å²) in [6.45, 7) is 1.99. The predicted molar refractivity (Wildman–Crippen MR) is 70.2 cm³/mol. The van der Waals surface area contributed by atoms with Crippen LogP contribution in [0.3, 0.4) is 0 Å². The molecule has 0 aliphatic rings. The second kappa shape index (κ2) is 5.86. The number of benzene rings is 1. The van der Waals surface area contributed by atoms with Gasteiger partial charge in [0.2, 0.25) is 0 Å². The van der Waals surface area contributed by atoms with Crippen molar-refractivity contribution in [1.82, 2.24) is 5.43 Å². The summed E-state index contributed by atoms with van der Waals surface area (Å²) in [5, 5.41) is 0. The van der Waals surface area contributed by atoms with Gasteiger partial charge in [-0.2, -0.15) is 0 Å². The Morgan fingerprint density at radius 2 is 2.21 bits per heavy atom. The average Bonchev–Trinajstić information content (AvgIpc) is 2.88. The summed E-state index contributed by atoms with van der Waals surface area (Å²) in [5.41, 5.74) is 4.32. The SMILES string of the molecule is CCc1occc1C(NN)c1ccc(OC)c(F)c1. The second-order valence-corrected chi connectivity index (χ2v) is 4.15. The van der Waals surface area contributed by atoms with Crippen LogP contribution in [0.25, 0.3) is 0 Å². The largest absolute Gasteiger partial charge is 0.494 e. The van der Waals surface area contributed by atoms with E-state index < -0.39 is 5.82 Å². The quantitative estimate of drug-likeness (QED) is 0.643. The summed E-state index contributed by atoms with van der Waals surface area (Å²) in [7, 11) is 1.43. The number of halogens is 1. The van der Waals surface area contributed by atoms with E-state index in [0.29, 0.717) is 0 Å². The fourth-order valence-corrected chi connectivity index (χ4v) is 2.12. The number of ether oxygens (including phenoxy) is 1. The highest BCUT2D eigenvalue weighted by atomic mass is 19.1. The summed E-state index contributed by atoms with van der Waals surface area (Å²) in [5.74, 6) is 6.22. The smallest absolute Gasteiger partial charge is 0.165 e. The molecular weight excluding hydrogens is 247 g/mol. The van der Waals surface area contributed by atoms with Crippen molar-refractivity contribution in [3.8, 4) is 5.75 Å². The summed E-state index contributed by atoms with van der Waals surface area (Å²) < 4.78 is 24.0. The number of methoxy groups -OCH3 is 1. The zero-order valence-electron chi connectivity index (χ0n) is 10.9. The average molecular weight is 264 g/mol. The molecule has 1 heterocycles. The number of hydrazine groups is 1. The van der Waals surface area contributed by atoms with E-state index in [4.69, 9.17) is 15.0 Å². The molecular formula is C14H17FN2O2. The number of rotatable bonds is 5. The minimum absolute atomic E-state index is 0.211. The molecule has 1 aromatic heterocycles. The Balaban J connectivity index is 2.40. The Hall–Kier alpha value is -1.85. The minimum Gasteiger partial charge on any atom is -0.494 e. The van der Waals surface area contributed by atoms with Gasteiger partial charge in [-0.25, -0.2) is 9.82 Å². The van der Waals surface area contributed by atoms with Crippen LogP contribution in [0.2, 0.25) is 0 Å². The van der Waals surface area contributed by atoms with Crippen LogP contribution in [0.15, 0.2) is 34.9 Å². The van der Waals surface area contributed by atoms with Gasteiger partial charge in [-0.05, 0) is 23.8 Å². The monoisotopic (exact) mass is 264 g/mol. The topological polar surface area (TPSA) is 60.4 Å². The molecule has 0 radical (unpaired) electrons. The van der Waals surface area contributed by atoms with Crippen LogP contribution in [0, 0.1) is 5.82 Å². The van der Waals surface area contributed by atoms with Crippen molar-refractivity contribution in [3.63, 3.8) is 0 Å². The lowest BCUT2D eigenvalue weighted by atomic mass is 9.98. The Kier molecular flexibility index (Phi) is 4.19. The van der Waals surface area contributed by atoms with Gasteiger partial charge < -0.3 is 9.15 Å². The molecule has 0 saturated heterocycles. The maximum atomic E-state index is 13.8. The van der Waals surface area contributed by atoms with Crippen molar-refractivity contribution in [2.75, 3.05) is 7.11 Å². The molecule has 4 nitrogen and oxygen atoms in total. The van der Waals surface area contributed by atoms with Crippen LogP contribution >= 0.6 is 0 Å². The third-order valence-electron chi connectivity index (χ3n) is 3.09. The molecule has 1 unspecified atom stereocenters. The Morgan fingerprint density at radius 1 is 1.42 bits per heavy atom. The third-order valence-corrected chi connectivity index (χ3v) is 3.09. The van der Waals surface area contributed by atoms with E-state index >= 15 is 0 Å². The first-order chi connectivity index (χ1) is 9.21. The van der Waals surface area contributed by atoms with E-state index in [2.05, 4.69) is 5.43 Å². The van der Waals surface area contributed by atoms with Crippen molar-refractivity contribution in [2.45, 2.75) is 19.4 Å². The van der Waals surface area contributed by atoms with Crippen molar-refractivity contribution in [2.24, 2.45) is 5.84 Å². The van der Waals surface area contributed by atoms with E-state index in [1.165, 1.54) is 13.2 Å². The first-order valence-corrected chi connectivity index (χ1v) is 6.07. The van der Waals surface area contributed by atoms with E-state index in [1.807, 2.05) is 13.0 Å². The van der Waals surface area contributed by atoms with Crippen molar-refractivity contribution in [3.05, 3.63) is 53.2 Å². The van der Waals surface area contributed by atoms with Gasteiger partial charge in [0, 0.05) is 12.0 Å². The van der Waals surface area contributed by atoms with E-state index in [9.17, 15) is 4.39 Å². The van der Waals surface area contributed by atoms with Crippen LogP contribution in [-0.4, -0.2) is 7.11 Å². The number of hydrogen-bond acceptors (Lipinski definition) is 4. The van der Waals surface area contributed by atoms with Crippen LogP contribution < -0.4 is 16.0 Å². The first kappa shape index (κ1) is 13.6. The number of furan rings is 1. The Morgan fingerprint density at radius 3 is 2.79 bits per heavy atom. The molecule has 1 aromatic carbocycles. The van der Waals surface area contributed by atoms with E-state index in [1.54, 1.807) is 18.4 Å². The summed E-state index contributed by atoms with van der Waals surface area (Å²) in [6.07, 6.45) is 2.36. The van der Waals surface area contributed by atoms with Gasteiger partial charge in [0.1, 0.15) is 5.76 Å². The summed E-state index contributed by atoms with van der Waals surface area (Å²) in [4.78, 5) is 0. The van der Waals surface area contributed by atoms with Crippen LogP contribution in [-0.2, 0) is 6.42 Å². The zero-order chi connectivity index (χ0) is 13.8. The van der Waals surface area contributed by atoms with Crippen molar-refractivity contribution in [1.29, 1.82) is 0 Å². The van der Waals surface area contributed by atoms with Gasteiger partial charge >= 0.3 is 0 Å². The minimum atomic E-state index is -0.415. The molecule has 0 spiro atoms. The van der Waals surface area contributed by atoms with Gasteiger partial charge in [-0.1, -0.05) is 13.0 Å². The highest BCUT2D eigenvalue weighted by Gasteiger charge is 2.19. The number of nitrogens with two attached hydrogens (primary N) is 1. The molecule has 3 N–H and O–H groups in total. The normalized spacial score (nSPS) is 12.4. The maximum absolute atomic E-state index is 13.8. The van der Waals surface area contributed by atoms with Crippen LogP contribution in [0.5, 0.6) is 5.75 Å². The molecule has 0 fully saturated rings. The molecule has 0 bridgehead atoms. The molecule has 1 atom stereocenters. The molecule has 102 valence electrons. The van der Waals surface area contributed by atoms with Gasteiger partial charge in [0.15, 0.2) is 11.6 Å². The lowest BCUT2D eigenvalue weighted by Gasteiger charge is -2.17. The highest BCUT2D eigenvalue weighted by Crippen LogP contribution is 2.28. The predicted octanol–water partition coefficient (Wildman–Crippen LogP) is 2.54. The van der Waals surface area contributed by atoms with Gasteiger partial charge in [-0.3, -0.25) is 5.84 Å². The van der Waals surface area contributed by atoms with E-state index in [0.717, 1.165) is 23.3 Å². The fraction of sp³-hybridized carbons (Fsp3) is 0.286. The number of aryl methyl sites for hydroxylation is 1. The molecule has 0 saturated carbocycles. The summed E-state index contributed by atoms with van der Waals surface area (Å²) >= 11 is 0. The highest BCUT2D eigenvalue weighted by molar-refractivity contribution is 5.37. The third kappa shape index (κ3) is 2.62. The van der Waals surface area contributed by atoms with Crippen LogP contribution in [0.4, 0.5) is 4.39 Å². The molecule has 2 aromatic rings. The lowest BCUT2D eigenvalue weighted by Crippen LogP contribution is -2.29. The first-order valence-electron chi connectivity index (χ1n) is 6.07. The second-order valence-electron chi connectivity index (χ2n) is 4.15. The number of hydrogen-bond donors (Lipinski definition) is 2. The standard InChI is InChI=1S/C14H17FN2O2/c1-3-12-10(6-7-19-12)14(17-16)9-4-5-13(18-2)11(15)8-9/h4-8,14,17H,3,16H2,1-2H3.